The predicted molar refractivity (Wildman–Crippen MR) is 93.3 cm³/mol. The van der Waals surface area contributed by atoms with Gasteiger partial charge in [0, 0.05) is 25.6 Å². The van der Waals surface area contributed by atoms with E-state index in [0.717, 1.165) is 18.4 Å². The first-order valence-corrected chi connectivity index (χ1v) is 9.20. The number of nitrogens with one attached hydrogen (secondary N) is 1. The number of hydrogen-bond acceptors (Lipinski definition) is 4. The number of likely N-dealkylation sites (tertiary alicyclic amines) is 1. The lowest BCUT2D eigenvalue weighted by Crippen LogP contribution is -2.54. The Bertz CT molecular complexity index is 703. The highest BCUT2D eigenvalue weighted by Crippen LogP contribution is 2.26. The van der Waals surface area contributed by atoms with Crippen LogP contribution in [-0.2, 0) is 6.42 Å². The number of nitrogens with zero attached hydrogens (tertiary/aromatic N) is 3. The molecule has 0 atom stereocenters. The van der Waals surface area contributed by atoms with Gasteiger partial charge in [-0.05, 0) is 18.4 Å². The molecule has 2 aliphatic rings. The van der Waals surface area contributed by atoms with E-state index in [1.807, 2.05) is 23.1 Å². The van der Waals surface area contributed by atoms with Crippen molar-refractivity contribution in [3.63, 3.8) is 0 Å². The number of amides is 2. The van der Waals surface area contributed by atoms with Crippen LogP contribution in [0.25, 0.3) is 0 Å². The molecule has 0 bridgehead atoms. The van der Waals surface area contributed by atoms with Crippen LogP contribution in [-0.4, -0.2) is 40.2 Å². The van der Waals surface area contributed by atoms with Gasteiger partial charge in [0.25, 0.3) is 0 Å². The van der Waals surface area contributed by atoms with Gasteiger partial charge in [-0.15, -0.1) is 0 Å². The largest absolute Gasteiger partial charge is 0.339 e. The molecule has 1 aliphatic carbocycles. The Morgan fingerprint density at radius 2 is 1.92 bits per heavy atom. The smallest absolute Gasteiger partial charge is 0.317 e. The molecule has 1 aromatic heterocycles. The van der Waals surface area contributed by atoms with Gasteiger partial charge in [-0.2, -0.15) is 4.98 Å². The number of carbonyl (C=O) groups is 1. The average Bonchev–Trinajstić information content (AvgIpc) is 3.03. The Kier molecular flexibility index (Phi) is 4.68. The van der Waals surface area contributed by atoms with Crippen molar-refractivity contribution in [1.29, 1.82) is 0 Å². The van der Waals surface area contributed by atoms with Crippen molar-refractivity contribution in [3.05, 3.63) is 47.6 Å². The molecular weight excluding hydrogens is 316 g/mol. The summed E-state index contributed by atoms with van der Waals surface area (Å²) >= 11 is 0. The fourth-order valence-corrected chi connectivity index (χ4v) is 3.60. The van der Waals surface area contributed by atoms with E-state index in [0.29, 0.717) is 37.3 Å². The molecular formula is C19H24N4O2. The number of urea groups is 1. The number of benzene rings is 1. The van der Waals surface area contributed by atoms with Crippen molar-refractivity contribution in [2.45, 2.75) is 50.5 Å². The Morgan fingerprint density at radius 3 is 2.68 bits per heavy atom. The van der Waals surface area contributed by atoms with E-state index in [2.05, 4.69) is 27.6 Å². The zero-order valence-corrected chi connectivity index (χ0v) is 14.4. The quantitative estimate of drug-likeness (QED) is 0.928. The third kappa shape index (κ3) is 3.83. The summed E-state index contributed by atoms with van der Waals surface area (Å²) in [5, 5.41) is 7.22. The van der Waals surface area contributed by atoms with E-state index >= 15 is 0 Å². The zero-order chi connectivity index (χ0) is 17.1. The first-order valence-electron chi connectivity index (χ1n) is 9.20. The molecule has 2 fully saturated rings. The van der Waals surface area contributed by atoms with Crippen LogP contribution in [0.15, 0.2) is 34.9 Å². The Morgan fingerprint density at radius 1 is 1.16 bits per heavy atom. The number of carbonyl (C=O) groups excluding carboxylic acids is 1. The number of rotatable bonds is 4. The Labute approximate surface area is 147 Å². The summed E-state index contributed by atoms with van der Waals surface area (Å²) in [6.45, 7) is 1.32. The summed E-state index contributed by atoms with van der Waals surface area (Å²) in [7, 11) is 0. The SMILES string of the molecule is O=C(NC1CCCCC1)N1CC(c2nc(Cc3ccccc3)no2)C1. The highest BCUT2D eigenvalue weighted by Gasteiger charge is 2.36. The molecule has 6 nitrogen and oxygen atoms in total. The van der Waals surface area contributed by atoms with Gasteiger partial charge in [0.2, 0.25) is 5.89 Å². The summed E-state index contributed by atoms with van der Waals surface area (Å²) < 4.78 is 5.40. The molecule has 1 N–H and O–H groups in total. The van der Waals surface area contributed by atoms with Crippen LogP contribution < -0.4 is 5.32 Å². The van der Waals surface area contributed by atoms with Gasteiger partial charge in [-0.1, -0.05) is 54.8 Å². The van der Waals surface area contributed by atoms with Gasteiger partial charge in [0.1, 0.15) is 0 Å². The van der Waals surface area contributed by atoms with Gasteiger partial charge in [-0.25, -0.2) is 4.79 Å². The molecule has 0 radical (unpaired) electrons. The Hall–Kier alpha value is -2.37. The topological polar surface area (TPSA) is 71.3 Å². The predicted octanol–water partition coefficient (Wildman–Crippen LogP) is 3.10. The molecule has 0 unspecified atom stereocenters. The molecule has 2 aromatic rings. The summed E-state index contributed by atoms with van der Waals surface area (Å²) in [6, 6.07) is 10.5. The highest BCUT2D eigenvalue weighted by molar-refractivity contribution is 5.75. The van der Waals surface area contributed by atoms with E-state index in [4.69, 9.17) is 4.52 Å². The highest BCUT2D eigenvalue weighted by atomic mass is 16.5. The monoisotopic (exact) mass is 340 g/mol. The van der Waals surface area contributed by atoms with E-state index in [1.165, 1.54) is 19.3 Å². The lowest BCUT2D eigenvalue weighted by molar-refractivity contribution is 0.132. The molecule has 1 saturated heterocycles. The van der Waals surface area contributed by atoms with Crippen molar-refractivity contribution in [2.24, 2.45) is 0 Å². The van der Waals surface area contributed by atoms with Gasteiger partial charge in [0.15, 0.2) is 5.82 Å². The first-order chi connectivity index (χ1) is 12.3. The molecule has 2 amide bonds. The number of hydrogen-bond donors (Lipinski definition) is 1. The van der Waals surface area contributed by atoms with E-state index < -0.39 is 0 Å². The van der Waals surface area contributed by atoms with E-state index in [-0.39, 0.29) is 11.9 Å². The maximum Gasteiger partial charge on any atom is 0.317 e. The fraction of sp³-hybridized carbons (Fsp3) is 0.526. The van der Waals surface area contributed by atoms with Gasteiger partial charge < -0.3 is 14.7 Å². The van der Waals surface area contributed by atoms with Crippen LogP contribution in [0.4, 0.5) is 4.79 Å². The summed E-state index contributed by atoms with van der Waals surface area (Å²) in [4.78, 5) is 18.6. The lowest BCUT2D eigenvalue weighted by atomic mass is 9.95. The van der Waals surface area contributed by atoms with E-state index in [1.54, 1.807) is 0 Å². The summed E-state index contributed by atoms with van der Waals surface area (Å²) in [6.07, 6.45) is 6.62. The second kappa shape index (κ2) is 7.25. The number of aromatic nitrogens is 2. The maximum absolute atomic E-state index is 12.3. The molecule has 1 aliphatic heterocycles. The van der Waals surface area contributed by atoms with Crippen molar-refractivity contribution < 1.29 is 9.32 Å². The van der Waals surface area contributed by atoms with Crippen LogP contribution in [0.3, 0.4) is 0 Å². The lowest BCUT2D eigenvalue weighted by Gasteiger charge is -2.38. The minimum Gasteiger partial charge on any atom is -0.339 e. The fourth-order valence-electron chi connectivity index (χ4n) is 3.60. The Balaban J connectivity index is 1.27. The minimum absolute atomic E-state index is 0.0483. The molecule has 1 aromatic carbocycles. The van der Waals surface area contributed by atoms with Crippen molar-refractivity contribution >= 4 is 6.03 Å². The van der Waals surface area contributed by atoms with E-state index in [9.17, 15) is 4.79 Å². The van der Waals surface area contributed by atoms with Crippen molar-refractivity contribution in [3.8, 4) is 0 Å². The average molecular weight is 340 g/mol. The third-order valence-electron chi connectivity index (χ3n) is 5.14. The molecule has 2 heterocycles. The van der Waals surface area contributed by atoms with Crippen LogP contribution >= 0.6 is 0 Å². The minimum atomic E-state index is 0.0483. The summed E-state index contributed by atoms with van der Waals surface area (Å²) in [5.41, 5.74) is 1.16. The van der Waals surface area contributed by atoms with Gasteiger partial charge in [-0.3, -0.25) is 0 Å². The van der Waals surface area contributed by atoms with Gasteiger partial charge in [0.05, 0.1) is 5.92 Å². The van der Waals surface area contributed by atoms with Gasteiger partial charge >= 0.3 is 6.03 Å². The molecule has 1 saturated carbocycles. The van der Waals surface area contributed by atoms with Crippen molar-refractivity contribution in [1.82, 2.24) is 20.4 Å². The summed E-state index contributed by atoms with van der Waals surface area (Å²) in [5.74, 6) is 1.51. The standard InChI is InChI=1S/C19H24N4O2/c24-19(20-16-9-5-2-6-10-16)23-12-15(13-23)18-21-17(22-25-18)11-14-7-3-1-4-8-14/h1,3-4,7-8,15-16H,2,5-6,9-13H2,(H,20,24). The second-order valence-electron chi connectivity index (χ2n) is 7.10. The molecule has 4 rings (SSSR count). The normalized spacial score (nSPS) is 18.8. The van der Waals surface area contributed by atoms with Crippen LogP contribution in [0.5, 0.6) is 0 Å². The molecule has 132 valence electrons. The second-order valence-corrected chi connectivity index (χ2v) is 7.10. The first kappa shape index (κ1) is 16.1. The molecule has 6 heteroatoms. The molecule has 25 heavy (non-hydrogen) atoms. The third-order valence-corrected chi connectivity index (χ3v) is 5.14. The van der Waals surface area contributed by atoms with Crippen LogP contribution in [0, 0.1) is 0 Å². The zero-order valence-electron chi connectivity index (χ0n) is 14.4. The van der Waals surface area contributed by atoms with Crippen LogP contribution in [0.1, 0.15) is 55.3 Å². The van der Waals surface area contributed by atoms with Crippen molar-refractivity contribution in [2.75, 3.05) is 13.1 Å². The van der Waals surface area contributed by atoms with Crippen LogP contribution in [0.2, 0.25) is 0 Å². The molecule has 0 spiro atoms. The maximum atomic E-state index is 12.3.